The maximum absolute atomic E-state index is 6.71. The Balaban J connectivity index is 0.970. The van der Waals surface area contributed by atoms with Crippen molar-refractivity contribution in [2.75, 3.05) is 9.80 Å². The zero-order valence-electron chi connectivity index (χ0n) is 32.5. The fourth-order valence-electron chi connectivity index (χ4n) is 9.14. The van der Waals surface area contributed by atoms with Gasteiger partial charge in [-0.25, -0.2) is 0 Å². The Morgan fingerprint density at radius 2 is 0.633 bits per heavy atom. The van der Waals surface area contributed by atoms with Gasteiger partial charge in [0, 0.05) is 55.4 Å². The molecule has 4 heteroatoms. The third-order valence-corrected chi connectivity index (χ3v) is 11.8. The van der Waals surface area contributed by atoms with Crippen LogP contribution in [0.3, 0.4) is 0 Å². The van der Waals surface area contributed by atoms with Crippen molar-refractivity contribution in [2.45, 2.75) is 0 Å². The highest BCUT2D eigenvalue weighted by atomic mass is 16.5. The number of ether oxygens (including phenoxy) is 2. The van der Waals surface area contributed by atoms with Crippen LogP contribution in [0.2, 0.25) is 0 Å². The Bertz CT molecular complexity index is 2960. The molecule has 0 N–H and O–H groups in total. The van der Waals surface area contributed by atoms with Gasteiger partial charge in [-0.05, 0) is 119 Å². The number of nitrogens with zero attached hydrogens (tertiary/aromatic N) is 2. The Hall–Kier alpha value is -8.08. The van der Waals surface area contributed by atoms with Gasteiger partial charge in [0.1, 0.15) is 23.0 Å². The molecule has 0 saturated heterocycles. The molecular weight excluding hydrogens is 733 g/mol. The van der Waals surface area contributed by atoms with E-state index in [9.17, 15) is 0 Å². The minimum absolute atomic E-state index is 0.850. The maximum atomic E-state index is 6.71. The summed E-state index contributed by atoms with van der Waals surface area (Å²) < 4.78 is 13.4. The molecule has 2 heterocycles. The van der Waals surface area contributed by atoms with E-state index in [2.05, 4.69) is 228 Å². The van der Waals surface area contributed by atoms with Crippen LogP contribution in [0, 0.1) is 0 Å². The predicted molar refractivity (Wildman–Crippen MR) is 247 cm³/mol. The van der Waals surface area contributed by atoms with Crippen LogP contribution in [-0.4, -0.2) is 0 Å². The summed E-state index contributed by atoms with van der Waals surface area (Å²) in [6, 6.07) is 77.1. The quantitative estimate of drug-likeness (QED) is 0.161. The van der Waals surface area contributed by atoms with Crippen molar-refractivity contribution in [3.05, 3.63) is 218 Å². The largest absolute Gasteiger partial charge is 0.456 e. The summed E-state index contributed by atoms with van der Waals surface area (Å²) in [4.78, 5) is 4.65. The van der Waals surface area contributed by atoms with E-state index in [1.54, 1.807) is 0 Å². The molecule has 0 saturated carbocycles. The molecule has 282 valence electrons. The molecule has 12 rings (SSSR count). The van der Waals surface area contributed by atoms with Crippen LogP contribution in [0.4, 0.5) is 34.1 Å². The fourth-order valence-corrected chi connectivity index (χ4v) is 9.14. The zero-order valence-corrected chi connectivity index (χ0v) is 32.5. The lowest BCUT2D eigenvalue weighted by atomic mass is 9.89. The Kier molecular flexibility index (Phi) is 7.82. The molecule has 2 aliphatic rings. The van der Waals surface area contributed by atoms with E-state index in [0.29, 0.717) is 0 Å². The van der Waals surface area contributed by atoms with Crippen molar-refractivity contribution >= 4 is 55.7 Å². The number of benzene rings is 10. The number of rotatable bonds is 7. The molecule has 2 aliphatic heterocycles. The highest BCUT2D eigenvalue weighted by Crippen LogP contribution is 2.53. The van der Waals surface area contributed by atoms with E-state index in [-0.39, 0.29) is 0 Å². The summed E-state index contributed by atoms with van der Waals surface area (Å²) in [5, 5.41) is 4.47. The summed E-state index contributed by atoms with van der Waals surface area (Å²) in [6.07, 6.45) is 0. The van der Waals surface area contributed by atoms with Gasteiger partial charge >= 0.3 is 0 Å². The Labute approximate surface area is 348 Å². The second kappa shape index (κ2) is 13.8. The monoisotopic (exact) mass is 768 g/mol. The van der Waals surface area contributed by atoms with Crippen LogP contribution in [0.1, 0.15) is 0 Å². The lowest BCUT2D eigenvalue weighted by molar-refractivity contribution is 0.486. The standard InChI is InChI=1S/C56H36N2O2/c1-5-15-39(16-6-1)57(40-17-7-2-8-18-40)49-31-29-43-47-35-37(27-33-51(47)59-53-25-13-23-45(49)55(43)53)38-28-34-52-48(36-38)44-30-32-50(46-24-14-26-54(60-52)56(44)46)58(41-19-9-3-10-20-41)42-21-11-4-12-22-42/h1-36H. The minimum atomic E-state index is 0.850. The number of anilines is 6. The Morgan fingerprint density at radius 1 is 0.267 bits per heavy atom. The van der Waals surface area contributed by atoms with E-state index < -0.39 is 0 Å². The molecular formula is C56H36N2O2. The highest BCUT2D eigenvalue weighted by Gasteiger charge is 2.27. The summed E-state index contributed by atoms with van der Waals surface area (Å²) in [5.41, 5.74) is 13.3. The lowest BCUT2D eigenvalue weighted by Gasteiger charge is -2.29. The van der Waals surface area contributed by atoms with Gasteiger partial charge in [0.2, 0.25) is 0 Å². The first-order chi connectivity index (χ1) is 29.8. The third kappa shape index (κ3) is 5.46. The topological polar surface area (TPSA) is 24.9 Å². The van der Waals surface area contributed by atoms with Crippen molar-refractivity contribution in [1.29, 1.82) is 0 Å². The van der Waals surface area contributed by atoms with Crippen molar-refractivity contribution in [2.24, 2.45) is 0 Å². The Morgan fingerprint density at radius 3 is 1.00 bits per heavy atom. The summed E-state index contributed by atoms with van der Waals surface area (Å²) >= 11 is 0. The molecule has 0 aromatic heterocycles. The minimum Gasteiger partial charge on any atom is -0.456 e. The average Bonchev–Trinajstić information content (AvgIpc) is 3.31. The molecule has 10 aromatic carbocycles. The number of para-hydroxylation sites is 4. The van der Waals surface area contributed by atoms with E-state index in [1.165, 1.54) is 0 Å². The first-order valence-electron chi connectivity index (χ1n) is 20.3. The smallest absolute Gasteiger partial charge is 0.135 e. The van der Waals surface area contributed by atoms with E-state index >= 15 is 0 Å². The number of fused-ring (bicyclic) bond motifs is 4. The van der Waals surface area contributed by atoms with Gasteiger partial charge in [0.25, 0.3) is 0 Å². The van der Waals surface area contributed by atoms with Gasteiger partial charge in [-0.1, -0.05) is 121 Å². The van der Waals surface area contributed by atoms with Gasteiger partial charge in [-0.3, -0.25) is 0 Å². The van der Waals surface area contributed by atoms with Crippen LogP contribution in [0.5, 0.6) is 23.0 Å². The zero-order chi connectivity index (χ0) is 39.6. The molecule has 0 atom stereocenters. The molecule has 0 bridgehead atoms. The number of hydrogen-bond donors (Lipinski definition) is 0. The van der Waals surface area contributed by atoms with Crippen LogP contribution < -0.4 is 19.3 Å². The van der Waals surface area contributed by atoms with E-state index in [0.717, 1.165) is 112 Å². The molecule has 0 unspecified atom stereocenters. The van der Waals surface area contributed by atoms with E-state index in [4.69, 9.17) is 9.47 Å². The summed E-state index contributed by atoms with van der Waals surface area (Å²) in [7, 11) is 0. The SMILES string of the molecule is c1ccc(N(c2ccccc2)c2ccc3c4c(cccc24)Oc2ccc(-c4ccc5c(c4)-c4ccc(N(c6ccccc6)c6ccccc6)c6cccc(c46)O5)cc2-3)cc1. The van der Waals surface area contributed by atoms with Crippen molar-refractivity contribution in [1.82, 2.24) is 0 Å². The fraction of sp³-hybridized carbons (Fsp3) is 0. The maximum Gasteiger partial charge on any atom is 0.135 e. The van der Waals surface area contributed by atoms with Crippen molar-refractivity contribution in [3.63, 3.8) is 0 Å². The lowest BCUT2D eigenvalue weighted by Crippen LogP contribution is -2.11. The van der Waals surface area contributed by atoms with Crippen LogP contribution in [0.15, 0.2) is 218 Å². The molecule has 10 aromatic rings. The first kappa shape index (κ1) is 34.0. The molecule has 60 heavy (non-hydrogen) atoms. The van der Waals surface area contributed by atoms with Crippen LogP contribution in [-0.2, 0) is 0 Å². The van der Waals surface area contributed by atoms with E-state index in [1.807, 2.05) is 0 Å². The summed E-state index contributed by atoms with van der Waals surface area (Å²) in [6.45, 7) is 0. The van der Waals surface area contributed by atoms with Gasteiger partial charge in [-0.2, -0.15) is 0 Å². The highest BCUT2D eigenvalue weighted by molar-refractivity contribution is 6.13. The molecule has 0 amide bonds. The van der Waals surface area contributed by atoms with Crippen LogP contribution in [0.25, 0.3) is 54.9 Å². The average molecular weight is 769 g/mol. The van der Waals surface area contributed by atoms with Gasteiger partial charge in [0.15, 0.2) is 0 Å². The van der Waals surface area contributed by atoms with Crippen molar-refractivity contribution in [3.8, 4) is 56.4 Å². The van der Waals surface area contributed by atoms with Crippen LogP contribution >= 0.6 is 0 Å². The molecule has 0 radical (unpaired) electrons. The molecule has 0 fully saturated rings. The number of hydrogen-bond acceptors (Lipinski definition) is 4. The van der Waals surface area contributed by atoms with Crippen molar-refractivity contribution < 1.29 is 9.47 Å². The van der Waals surface area contributed by atoms with Gasteiger partial charge in [-0.15, -0.1) is 0 Å². The predicted octanol–water partition coefficient (Wildman–Crippen LogP) is 16.1. The second-order valence-electron chi connectivity index (χ2n) is 15.3. The molecule has 4 nitrogen and oxygen atoms in total. The normalized spacial score (nSPS) is 11.9. The van der Waals surface area contributed by atoms with Gasteiger partial charge < -0.3 is 19.3 Å². The second-order valence-corrected chi connectivity index (χ2v) is 15.3. The first-order valence-corrected chi connectivity index (χ1v) is 20.3. The third-order valence-electron chi connectivity index (χ3n) is 11.8. The molecule has 0 spiro atoms. The van der Waals surface area contributed by atoms with Gasteiger partial charge in [0.05, 0.1) is 11.4 Å². The summed E-state index contributed by atoms with van der Waals surface area (Å²) in [5.74, 6) is 3.42. The molecule has 0 aliphatic carbocycles.